The SMILES string of the molecule is COc1cc(-c2cccc(-c3nc(NC4CCCCC4)ncc3F)c2)ccn1. The number of benzene rings is 1. The molecule has 0 radical (unpaired) electrons. The van der Waals surface area contributed by atoms with E-state index < -0.39 is 5.82 Å². The summed E-state index contributed by atoms with van der Waals surface area (Å²) in [6.45, 7) is 0. The molecule has 6 heteroatoms. The molecule has 1 aromatic carbocycles. The van der Waals surface area contributed by atoms with E-state index in [1.165, 1.54) is 25.5 Å². The van der Waals surface area contributed by atoms with Crippen LogP contribution in [0.2, 0.25) is 0 Å². The van der Waals surface area contributed by atoms with Crippen LogP contribution in [-0.4, -0.2) is 28.1 Å². The lowest BCUT2D eigenvalue weighted by molar-refractivity contribution is 0.398. The van der Waals surface area contributed by atoms with Gasteiger partial charge in [-0.3, -0.25) is 0 Å². The summed E-state index contributed by atoms with van der Waals surface area (Å²) in [5.41, 5.74) is 2.90. The highest BCUT2D eigenvalue weighted by Crippen LogP contribution is 2.29. The standard InChI is InChI=1S/C22H23FN4O/c1-28-20-13-16(10-11-24-20)15-6-5-7-17(12-15)21-19(23)14-25-22(27-21)26-18-8-3-2-4-9-18/h5-7,10-14,18H,2-4,8-9H2,1H3,(H,25,26,27). The van der Waals surface area contributed by atoms with Crippen LogP contribution in [0, 0.1) is 5.82 Å². The van der Waals surface area contributed by atoms with Gasteiger partial charge < -0.3 is 10.1 Å². The molecule has 1 fully saturated rings. The number of pyridine rings is 1. The molecule has 144 valence electrons. The minimum atomic E-state index is -0.432. The highest BCUT2D eigenvalue weighted by atomic mass is 19.1. The van der Waals surface area contributed by atoms with Crippen molar-refractivity contribution in [1.29, 1.82) is 0 Å². The van der Waals surface area contributed by atoms with Crippen molar-refractivity contribution in [2.45, 2.75) is 38.1 Å². The first-order valence-corrected chi connectivity index (χ1v) is 9.63. The van der Waals surface area contributed by atoms with Crippen LogP contribution in [0.5, 0.6) is 5.88 Å². The Morgan fingerprint density at radius 1 is 1.00 bits per heavy atom. The van der Waals surface area contributed by atoms with Gasteiger partial charge in [-0.05, 0) is 36.1 Å². The summed E-state index contributed by atoms with van der Waals surface area (Å²) < 4.78 is 19.7. The third-order valence-corrected chi connectivity index (χ3v) is 5.10. The lowest BCUT2D eigenvalue weighted by atomic mass is 9.96. The molecule has 1 N–H and O–H groups in total. The number of hydrogen-bond acceptors (Lipinski definition) is 5. The smallest absolute Gasteiger partial charge is 0.223 e. The minimum absolute atomic E-state index is 0.302. The van der Waals surface area contributed by atoms with Gasteiger partial charge in [0, 0.05) is 23.9 Å². The Morgan fingerprint density at radius 2 is 1.79 bits per heavy atom. The van der Waals surface area contributed by atoms with Gasteiger partial charge in [-0.2, -0.15) is 0 Å². The number of aromatic nitrogens is 3. The van der Waals surface area contributed by atoms with Gasteiger partial charge in [0.1, 0.15) is 5.69 Å². The first kappa shape index (κ1) is 18.3. The largest absolute Gasteiger partial charge is 0.481 e. The van der Waals surface area contributed by atoms with Crippen molar-refractivity contribution in [3.05, 3.63) is 54.6 Å². The number of nitrogens with zero attached hydrogens (tertiary/aromatic N) is 3. The van der Waals surface area contributed by atoms with Gasteiger partial charge in [0.05, 0.1) is 13.3 Å². The average Bonchev–Trinajstić information content (AvgIpc) is 2.76. The molecular weight excluding hydrogens is 355 g/mol. The van der Waals surface area contributed by atoms with Gasteiger partial charge in [0.2, 0.25) is 11.8 Å². The van der Waals surface area contributed by atoms with Gasteiger partial charge in [0.25, 0.3) is 0 Å². The summed E-state index contributed by atoms with van der Waals surface area (Å²) in [6, 6.07) is 11.8. The van der Waals surface area contributed by atoms with Crippen molar-refractivity contribution in [2.75, 3.05) is 12.4 Å². The van der Waals surface area contributed by atoms with E-state index in [-0.39, 0.29) is 0 Å². The molecular formula is C22H23FN4O. The lowest BCUT2D eigenvalue weighted by Gasteiger charge is -2.22. The van der Waals surface area contributed by atoms with E-state index in [2.05, 4.69) is 20.3 Å². The molecule has 1 aliphatic carbocycles. The Morgan fingerprint density at radius 3 is 2.61 bits per heavy atom. The first-order valence-electron chi connectivity index (χ1n) is 9.63. The minimum Gasteiger partial charge on any atom is -0.481 e. The summed E-state index contributed by atoms with van der Waals surface area (Å²) in [5, 5.41) is 3.37. The van der Waals surface area contributed by atoms with Crippen LogP contribution in [0.4, 0.5) is 10.3 Å². The summed E-state index contributed by atoms with van der Waals surface area (Å²) in [7, 11) is 1.58. The molecule has 0 spiro atoms. The molecule has 0 aliphatic heterocycles. The summed E-state index contributed by atoms with van der Waals surface area (Å²) in [5.74, 6) is 0.591. The molecule has 0 amide bonds. The number of halogens is 1. The van der Waals surface area contributed by atoms with E-state index in [1.54, 1.807) is 13.3 Å². The average molecular weight is 378 g/mol. The van der Waals surface area contributed by atoms with Crippen molar-refractivity contribution in [2.24, 2.45) is 0 Å². The number of hydrogen-bond donors (Lipinski definition) is 1. The fraction of sp³-hybridized carbons (Fsp3) is 0.318. The highest BCUT2D eigenvalue weighted by Gasteiger charge is 2.16. The normalized spacial score (nSPS) is 14.6. The molecule has 0 bridgehead atoms. The van der Waals surface area contributed by atoms with E-state index in [1.807, 2.05) is 36.4 Å². The van der Waals surface area contributed by atoms with Crippen molar-refractivity contribution in [3.63, 3.8) is 0 Å². The number of ether oxygens (including phenoxy) is 1. The molecule has 2 heterocycles. The van der Waals surface area contributed by atoms with Crippen LogP contribution < -0.4 is 10.1 Å². The molecule has 3 aromatic rings. The van der Waals surface area contributed by atoms with Gasteiger partial charge in [-0.15, -0.1) is 0 Å². The predicted molar refractivity (Wildman–Crippen MR) is 108 cm³/mol. The maximum Gasteiger partial charge on any atom is 0.223 e. The van der Waals surface area contributed by atoms with Gasteiger partial charge in [0.15, 0.2) is 5.82 Å². The lowest BCUT2D eigenvalue weighted by Crippen LogP contribution is -2.23. The third-order valence-electron chi connectivity index (χ3n) is 5.10. The van der Waals surface area contributed by atoms with Crippen molar-refractivity contribution in [1.82, 2.24) is 15.0 Å². The maximum atomic E-state index is 14.5. The zero-order valence-electron chi connectivity index (χ0n) is 15.9. The van der Waals surface area contributed by atoms with E-state index in [4.69, 9.17) is 4.74 Å². The van der Waals surface area contributed by atoms with Crippen LogP contribution in [0.25, 0.3) is 22.4 Å². The second-order valence-electron chi connectivity index (χ2n) is 7.04. The zero-order valence-corrected chi connectivity index (χ0v) is 15.9. The van der Waals surface area contributed by atoms with Crippen molar-refractivity contribution < 1.29 is 9.13 Å². The monoisotopic (exact) mass is 378 g/mol. The summed E-state index contributed by atoms with van der Waals surface area (Å²) >= 11 is 0. The van der Waals surface area contributed by atoms with Crippen LogP contribution in [-0.2, 0) is 0 Å². The molecule has 28 heavy (non-hydrogen) atoms. The van der Waals surface area contributed by atoms with Crippen molar-refractivity contribution in [3.8, 4) is 28.3 Å². The predicted octanol–water partition coefficient (Wildman–Crippen LogP) is 5.10. The molecule has 0 saturated heterocycles. The number of anilines is 1. The Bertz CT molecular complexity index is 957. The number of methoxy groups -OCH3 is 1. The van der Waals surface area contributed by atoms with Crippen LogP contribution in [0.1, 0.15) is 32.1 Å². The topological polar surface area (TPSA) is 59.9 Å². The second-order valence-corrected chi connectivity index (χ2v) is 7.04. The Labute approximate surface area is 164 Å². The highest BCUT2D eigenvalue weighted by molar-refractivity contribution is 5.72. The Kier molecular flexibility index (Phi) is 5.46. The van der Waals surface area contributed by atoms with E-state index in [9.17, 15) is 4.39 Å². The Hall–Kier alpha value is -3.02. The third kappa shape index (κ3) is 4.11. The van der Waals surface area contributed by atoms with E-state index >= 15 is 0 Å². The van der Waals surface area contributed by atoms with Crippen LogP contribution >= 0.6 is 0 Å². The fourth-order valence-corrected chi connectivity index (χ4v) is 3.62. The molecule has 5 nitrogen and oxygen atoms in total. The quantitative estimate of drug-likeness (QED) is 0.669. The second kappa shape index (κ2) is 8.33. The van der Waals surface area contributed by atoms with Crippen LogP contribution in [0.3, 0.4) is 0 Å². The fourth-order valence-electron chi connectivity index (χ4n) is 3.62. The number of nitrogens with one attached hydrogen (secondary N) is 1. The van der Waals surface area contributed by atoms with E-state index in [0.29, 0.717) is 29.1 Å². The van der Waals surface area contributed by atoms with Gasteiger partial charge in [-0.1, -0.05) is 37.5 Å². The zero-order chi connectivity index (χ0) is 19.3. The summed E-state index contributed by atoms with van der Waals surface area (Å²) in [6.07, 6.45) is 8.85. The molecule has 1 saturated carbocycles. The molecule has 0 atom stereocenters. The molecule has 4 rings (SSSR count). The van der Waals surface area contributed by atoms with Gasteiger partial charge >= 0.3 is 0 Å². The van der Waals surface area contributed by atoms with Crippen LogP contribution in [0.15, 0.2) is 48.8 Å². The van der Waals surface area contributed by atoms with E-state index in [0.717, 1.165) is 24.0 Å². The molecule has 2 aromatic heterocycles. The maximum absolute atomic E-state index is 14.5. The molecule has 1 aliphatic rings. The Balaban J connectivity index is 1.64. The van der Waals surface area contributed by atoms with Crippen molar-refractivity contribution >= 4 is 5.95 Å². The first-order chi connectivity index (χ1) is 13.7. The number of rotatable bonds is 5. The van der Waals surface area contributed by atoms with Gasteiger partial charge in [-0.25, -0.2) is 19.3 Å². The summed E-state index contributed by atoms with van der Waals surface area (Å²) in [4.78, 5) is 12.7. The molecule has 0 unspecified atom stereocenters.